The maximum absolute atomic E-state index is 14.7. The molecule has 1 aliphatic rings. The van der Waals surface area contributed by atoms with E-state index in [1.807, 2.05) is 0 Å². The molecular weight excluding hydrogens is 506 g/mol. The average molecular weight is 529 g/mol. The van der Waals surface area contributed by atoms with Gasteiger partial charge in [0.2, 0.25) is 5.13 Å². The molecule has 0 unspecified atom stereocenters. The molecular formula is C21H23ClF2N6O2S2. The largest absolute Gasteiger partial charge is 0.383 e. The van der Waals surface area contributed by atoms with E-state index in [2.05, 4.69) is 29.6 Å². The summed E-state index contributed by atoms with van der Waals surface area (Å²) in [5.74, 6) is -2.00. The molecule has 34 heavy (non-hydrogen) atoms. The van der Waals surface area contributed by atoms with Gasteiger partial charge in [-0.2, -0.15) is 4.37 Å². The molecule has 8 nitrogen and oxygen atoms in total. The molecule has 3 N–H and O–H groups in total. The van der Waals surface area contributed by atoms with Crippen LogP contribution in [0.1, 0.15) is 18.4 Å². The van der Waals surface area contributed by atoms with E-state index < -0.39 is 26.6 Å². The number of rotatable bonds is 10. The SMILES string of the molecule is O=S(=O)(Nc1ncns1)c1cc(F)c(NCc2ccc(Cl)cc2NCCN2CCCC2)cc1F. The van der Waals surface area contributed by atoms with Crippen molar-refractivity contribution < 1.29 is 17.2 Å². The number of hydrogen-bond acceptors (Lipinski definition) is 8. The van der Waals surface area contributed by atoms with Crippen LogP contribution in [-0.2, 0) is 16.6 Å². The minimum Gasteiger partial charge on any atom is -0.383 e. The van der Waals surface area contributed by atoms with Crippen LogP contribution in [0.4, 0.5) is 25.3 Å². The van der Waals surface area contributed by atoms with Crippen molar-refractivity contribution in [3.63, 3.8) is 0 Å². The van der Waals surface area contributed by atoms with Gasteiger partial charge in [-0.25, -0.2) is 22.2 Å². The van der Waals surface area contributed by atoms with Gasteiger partial charge in [-0.05, 0) is 49.7 Å². The summed E-state index contributed by atoms with van der Waals surface area (Å²) < 4.78 is 59.9. The predicted molar refractivity (Wildman–Crippen MR) is 130 cm³/mol. The zero-order valence-electron chi connectivity index (χ0n) is 18.0. The van der Waals surface area contributed by atoms with Gasteiger partial charge < -0.3 is 15.5 Å². The van der Waals surface area contributed by atoms with Gasteiger partial charge >= 0.3 is 0 Å². The van der Waals surface area contributed by atoms with Crippen molar-refractivity contribution in [2.75, 3.05) is 41.5 Å². The summed E-state index contributed by atoms with van der Waals surface area (Å²) in [5, 5.41) is 6.71. The van der Waals surface area contributed by atoms with Crippen LogP contribution in [0.25, 0.3) is 0 Å². The lowest BCUT2D eigenvalue weighted by Crippen LogP contribution is -2.26. The minimum absolute atomic E-state index is 0.0468. The number of benzene rings is 2. The summed E-state index contributed by atoms with van der Waals surface area (Å²) in [7, 11) is -4.36. The van der Waals surface area contributed by atoms with Crippen molar-refractivity contribution in [2.45, 2.75) is 24.3 Å². The number of likely N-dealkylation sites (tertiary alicyclic amines) is 1. The van der Waals surface area contributed by atoms with Gasteiger partial charge in [0.25, 0.3) is 10.0 Å². The van der Waals surface area contributed by atoms with Gasteiger partial charge in [0.05, 0.1) is 5.69 Å². The van der Waals surface area contributed by atoms with E-state index in [1.54, 1.807) is 18.2 Å². The highest BCUT2D eigenvalue weighted by Gasteiger charge is 2.23. The van der Waals surface area contributed by atoms with Gasteiger partial charge in [-0.1, -0.05) is 17.7 Å². The smallest absolute Gasteiger partial charge is 0.266 e. The van der Waals surface area contributed by atoms with Crippen LogP contribution in [0.3, 0.4) is 0 Å². The quantitative estimate of drug-likeness (QED) is 0.359. The number of aromatic nitrogens is 2. The standard InChI is InChI=1S/C21H23ClF2N6O2S2/c22-15-4-3-14(18(9-15)25-5-8-30-6-1-2-7-30)12-26-19-10-17(24)20(11-16(19)23)34(31,32)29-21-27-13-28-33-21/h3-4,9-11,13,25-26H,1-2,5-8,12H2,(H,27,28,29). The number of nitrogens with zero attached hydrogens (tertiary/aromatic N) is 3. The molecule has 0 atom stereocenters. The summed E-state index contributed by atoms with van der Waals surface area (Å²) in [6.45, 7) is 4.00. The van der Waals surface area contributed by atoms with Crippen LogP contribution >= 0.6 is 23.1 Å². The Morgan fingerprint density at radius 2 is 1.85 bits per heavy atom. The van der Waals surface area contributed by atoms with E-state index in [1.165, 1.54) is 12.8 Å². The third-order valence-electron chi connectivity index (χ3n) is 5.38. The van der Waals surface area contributed by atoms with E-state index >= 15 is 0 Å². The Morgan fingerprint density at radius 1 is 1.06 bits per heavy atom. The Morgan fingerprint density at radius 3 is 2.59 bits per heavy atom. The fourth-order valence-corrected chi connectivity index (χ4v) is 5.58. The van der Waals surface area contributed by atoms with E-state index in [9.17, 15) is 17.2 Å². The van der Waals surface area contributed by atoms with Crippen LogP contribution in [0, 0.1) is 11.6 Å². The molecule has 182 valence electrons. The molecule has 13 heteroatoms. The Labute approximate surface area is 205 Å². The Bertz CT molecular complexity index is 1240. The summed E-state index contributed by atoms with van der Waals surface area (Å²) in [4.78, 5) is 5.25. The van der Waals surface area contributed by atoms with Crippen molar-refractivity contribution in [3.8, 4) is 0 Å². The fourth-order valence-electron chi connectivity index (χ4n) is 3.67. The molecule has 0 bridgehead atoms. The van der Waals surface area contributed by atoms with Crippen molar-refractivity contribution in [1.29, 1.82) is 0 Å². The fraction of sp³-hybridized carbons (Fsp3) is 0.333. The van der Waals surface area contributed by atoms with Gasteiger partial charge in [-0.3, -0.25) is 4.72 Å². The number of sulfonamides is 1. The van der Waals surface area contributed by atoms with Crippen LogP contribution in [0.2, 0.25) is 5.02 Å². The highest BCUT2D eigenvalue weighted by molar-refractivity contribution is 7.93. The molecule has 1 saturated heterocycles. The third-order valence-corrected chi connectivity index (χ3v) is 7.68. The van der Waals surface area contributed by atoms with Crippen molar-refractivity contribution in [1.82, 2.24) is 14.3 Å². The van der Waals surface area contributed by atoms with Crippen LogP contribution in [0.5, 0.6) is 0 Å². The first-order chi connectivity index (χ1) is 16.3. The van der Waals surface area contributed by atoms with Crippen LogP contribution in [0.15, 0.2) is 41.6 Å². The van der Waals surface area contributed by atoms with Gasteiger partial charge in [0, 0.05) is 47.9 Å². The second-order valence-electron chi connectivity index (χ2n) is 7.74. The van der Waals surface area contributed by atoms with Crippen molar-refractivity contribution >= 4 is 49.7 Å². The summed E-state index contributed by atoms with van der Waals surface area (Å²) in [6, 6.07) is 6.76. The number of halogens is 3. The number of hydrogen-bond donors (Lipinski definition) is 3. The zero-order valence-corrected chi connectivity index (χ0v) is 20.4. The monoisotopic (exact) mass is 528 g/mol. The third kappa shape index (κ3) is 6.12. The minimum atomic E-state index is -4.36. The molecule has 0 radical (unpaired) electrons. The van der Waals surface area contributed by atoms with Crippen molar-refractivity contribution in [3.05, 3.63) is 58.9 Å². The second kappa shape index (κ2) is 10.8. The first kappa shape index (κ1) is 24.6. The molecule has 2 heterocycles. The first-order valence-corrected chi connectivity index (χ1v) is 13.2. The highest BCUT2D eigenvalue weighted by atomic mass is 35.5. The molecule has 3 aromatic rings. The molecule has 1 aliphatic heterocycles. The highest BCUT2D eigenvalue weighted by Crippen LogP contribution is 2.27. The molecule has 0 saturated carbocycles. The Kier molecular flexibility index (Phi) is 7.81. The van der Waals surface area contributed by atoms with E-state index in [-0.39, 0.29) is 17.4 Å². The molecule has 4 rings (SSSR count). The topological polar surface area (TPSA) is 99.2 Å². The van der Waals surface area contributed by atoms with Gasteiger partial charge in [-0.15, -0.1) is 0 Å². The van der Waals surface area contributed by atoms with E-state index in [0.29, 0.717) is 11.1 Å². The van der Waals surface area contributed by atoms with Gasteiger partial charge in [0.1, 0.15) is 22.9 Å². The average Bonchev–Trinajstić information content (AvgIpc) is 3.49. The normalized spacial score (nSPS) is 14.3. The summed E-state index contributed by atoms with van der Waals surface area (Å²) >= 11 is 6.93. The number of nitrogens with one attached hydrogen (secondary N) is 3. The molecule has 0 spiro atoms. The molecule has 0 amide bonds. The lowest BCUT2D eigenvalue weighted by Gasteiger charge is -2.18. The Hall–Kier alpha value is -2.54. The molecule has 1 fully saturated rings. The predicted octanol–water partition coefficient (Wildman–Crippen LogP) is 4.39. The van der Waals surface area contributed by atoms with E-state index in [4.69, 9.17) is 11.6 Å². The first-order valence-electron chi connectivity index (χ1n) is 10.6. The molecule has 2 aromatic carbocycles. The zero-order chi connectivity index (χ0) is 24.1. The maximum Gasteiger partial charge on any atom is 0.266 e. The van der Waals surface area contributed by atoms with Crippen molar-refractivity contribution in [2.24, 2.45) is 0 Å². The van der Waals surface area contributed by atoms with E-state index in [0.717, 1.165) is 61.4 Å². The maximum atomic E-state index is 14.7. The van der Waals surface area contributed by atoms with Gasteiger partial charge in [0.15, 0.2) is 0 Å². The second-order valence-corrected chi connectivity index (χ2v) is 10.6. The summed E-state index contributed by atoms with van der Waals surface area (Å²) in [5.41, 5.74) is 1.44. The number of anilines is 3. The Balaban J connectivity index is 1.44. The summed E-state index contributed by atoms with van der Waals surface area (Å²) in [6.07, 6.45) is 3.58. The molecule has 0 aliphatic carbocycles. The van der Waals surface area contributed by atoms with Crippen LogP contribution in [-0.4, -0.2) is 48.9 Å². The molecule has 1 aromatic heterocycles. The lowest BCUT2D eigenvalue weighted by molar-refractivity contribution is 0.352. The lowest BCUT2D eigenvalue weighted by atomic mass is 10.1. The van der Waals surface area contributed by atoms with Crippen LogP contribution < -0.4 is 15.4 Å².